The number of thiazole rings is 1. The van der Waals surface area contributed by atoms with Gasteiger partial charge in [-0.05, 0) is 41.3 Å². The first-order chi connectivity index (χ1) is 15.8. The third-order valence-corrected chi connectivity index (χ3v) is 7.77. The molecule has 2 aromatic carbocycles. The Morgan fingerprint density at radius 3 is 2.18 bits per heavy atom. The van der Waals surface area contributed by atoms with Crippen LogP contribution in [-0.2, 0) is 27.8 Å². The molecule has 0 saturated carbocycles. The second-order valence-corrected chi connectivity index (χ2v) is 10.2. The van der Waals surface area contributed by atoms with Crippen LogP contribution in [0, 0.1) is 6.92 Å². The first-order valence-corrected chi connectivity index (χ1v) is 12.5. The minimum absolute atomic E-state index is 0.0442. The number of nitrogens with two attached hydrogens (primary N) is 1. The van der Waals surface area contributed by atoms with Gasteiger partial charge in [-0.15, -0.1) is 0 Å². The Morgan fingerprint density at radius 2 is 1.58 bits per heavy atom. The fourth-order valence-corrected chi connectivity index (χ4v) is 5.36. The van der Waals surface area contributed by atoms with Crippen molar-refractivity contribution in [3.8, 4) is 11.1 Å². The van der Waals surface area contributed by atoms with E-state index >= 15 is 0 Å². The van der Waals surface area contributed by atoms with E-state index in [4.69, 9.17) is 5.14 Å². The zero-order valence-corrected chi connectivity index (χ0v) is 19.5. The van der Waals surface area contributed by atoms with E-state index in [0.29, 0.717) is 5.13 Å². The lowest BCUT2D eigenvalue weighted by atomic mass is 10.0. The van der Waals surface area contributed by atoms with Gasteiger partial charge in [0.25, 0.3) is 0 Å². The van der Waals surface area contributed by atoms with Gasteiger partial charge in [0, 0.05) is 12.4 Å². The maximum absolute atomic E-state index is 13.3. The number of carbonyl (C=O) groups is 1. The van der Waals surface area contributed by atoms with Crippen LogP contribution < -0.4 is 10.0 Å². The van der Waals surface area contributed by atoms with E-state index in [1.165, 1.54) is 4.90 Å². The van der Waals surface area contributed by atoms with E-state index in [0.717, 1.165) is 33.6 Å². The molecule has 0 saturated heterocycles. The average molecular weight is 479 g/mol. The first kappa shape index (κ1) is 22.8. The maximum Gasteiger partial charge on any atom is 0.249 e. The highest BCUT2D eigenvalue weighted by molar-refractivity contribution is 7.91. The summed E-state index contributed by atoms with van der Waals surface area (Å²) in [6.07, 6.45) is 3.43. The Balaban J connectivity index is 1.61. The maximum atomic E-state index is 13.3. The molecular formula is C24H22N4O3S2. The molecule has 168 valence electrons. The number of sulfonamides is 1. The number of amides is 1. The Labute approximate surface area is 196 Å². The zero-order valence-electron chi connectivity index (χ0n) is 17.9. The monoisotopic (exact) mass is 478 g/mol. The number of rotatable bonds is 7. The molecule has 9 heteroatoms. The van der Waals surface area contributed by atoms with Crippen molar-refractivity contribution in [3.05, 3.63) is 95.9 Å². The number of benzene rings is 2. The van der Waals surface area contributed by atoms with Crippen molar-refractivity contribution in [2.45, 2.75) is 24.1 Å². The predicted octanol–water partition coefficient (Wildman–Crippen LogP) is 3.94. The fraction of sp³-hybridized carbons (Fsp3) is 0.125. The lowest BCUT2D eigenvalue weighted by Crippen LogP contribution is -2.31. The molecule has 1 amide bonds. The summed E-state index contributed by atoms with van der Waals surface area (Å²) in [5.41, 5.74) is 4.14. The van der Waals surface area contributed by atoms with E-state index in [1.54, 1.807) is 31.5 Å². The van der Waals surface area contributed by atoms with Crippen molar-refractivity contribution in [3.63, 3.8) is 0 Å². The van der Waals surface area contributed by atoms with Gasteiger partial charge < -0.3 is 0 Å². The van der Waals surface area contributed by atoms with Gasteiger partial charge in [-0.25, -0.2) is 18.5 Å². The second-order valence-electron chi connectivity index (χ2n) is 7.49. The number of carbonyl (C=O) groups excluding carboxylic acids is 1. The number of aromatic nitrogens is 2. The van der Waals surface area contributed by atoms with Gasteiger partial charge in [0.2, 0.25) is 15.9 Å². The van der Waals surface area contributed by atoms with E-state index in [1.807, 2.05) is 54.6 Å². The van der Waals surface area contributed by atoms with Gasteiger partial charge in [-0.3, -0.25) is 14.7 Å². The fourth-order valence-electron chi connectivity index (χ4n) is 3.40. The van der Waals surface area contributed by atoms with Crippen molar-refractivity contribution in [1.29, 1.82) is 0 Å². The summed E-state index contributed by atoms with van der Waals surface area (Å²) in [4.78, 5) is 23.2. The molecule has 0 bridgehead atoms. The van der Waals surface area contributed by atoms with Crippen molar-refractivity contribution in [1.82, 2.24) is 9.97 Å². The van der Waals surface area contributed by atoms with Crippen LogP contribution in [0.25, 0.3) is 11.1 Å². The van der Waals surface area contributed by atoms with E-state index in [-0.39, 0.29) is 28.8 Å². The summed E-state index contributed by atoms with van der Waals surface area (Å²) in [7, 11) is -3.93. The van der Waals surface area contributed by atoms with Crippen LogP contribution in [0.15, 0.2) is 83.3 Å². The number of hydrogen-bond acceptors (Lipinski definition) is 6. The number of anilines is 1. The second kappa shape index (κ2) is 9.62. The average Bonchev–Trinajstić information content (AvgIpc) is 3.21. The van der Waals surface area contributed by atoms with Crippen molar-refractivity contribution < 1.29 is 13.2 Å². The van der Waals surface area contributed by atoms with Crippen LogP contribution in [0.3, 0.4) is 0 Å². The van der Waals surface area contributed by atoms with E-state index in [2.05, 4.69) is 9.97 Å². The quantitative estimate of drug-likeness (QED) is 0.433. The molecular weight excluding hydrogens is 456 g/mol. The summed E-state index contributed by atoms with van der Waals surface area (Å²) in [5, 5.41) is 5.61. The van der Waals surface area contributed by atoms with Crippen LogP contribution in [-0.4, -0.2) is 24.3 Å². The summed E-state index contributed by atoms with van der Waals surface area (Å²) in [5.74, 6) is -0.200. The molecule has 4 aromatic rings. The molecule has 0 aliphatic heterocycles. The van der Waals surface area contributed by atoms with Gasteiger partial charge in [-0.2, -0.15) is 0 Å². The van der Waals surface area contributed by atoms with E-state index in [9.17, 15) is 13.2 Å². The third kappa shape index (κ3) is 5.51. The molecule has 0 fully saturated rings. The summed E-state index contributed by atoms with van der Waals surface area (Å²) < 4.78 is 23.7. The van der Waals surface area contributed by atoms with Crippen LogP contribution >= 0.6 is 11.3 Å². The van der Waals surface area contributed by atoms with Crippen LogP contribution in [0.5, 0.6) is 0 Å². The predicted molar refractivity (Wildman–Crippen MR) is 129 cm³/mol. The molecule has 2 heterocycles. The number of hydrogen-bond donors (Lipinski definition) is 1. The van der Waals surface area contributed by atoms with Crippen molar-refractivity contribution in [2.24, 2.45) is 5.14 Å². The number of nitrogens with zero attached hydrogens (tertiary/aromatic N) is 3. The Bertz CT molecular complexity index is 1350. The molecule has 2 aromatic heterocycles. The van der Waals surface area contributed by atoms with Gasteiger partial charge >= 0.3 is 0 Å². The standard InChI is InChI=1S/C24H22N4O3S2/c1-17-23(33(25,30)31)32-24(27-17)28(16-19-11-13-26-14-12-19)22(29)15-18-7-9-21(10-8-18)20-5-3-2-4-6-20/h2-14H,15-16H2,1H3,(H2,25,30,31). The molecule has 0 aliphatic rings. The molecule has 7 nitrogen and oxygen atoms in total. The Hall–Kier alpha value is -3.40. The number of aryl methyl sites for hydroxylation is 1. The van der Waals surface area contributed by atoms with Crippen LogP contribution in [0.1, 0.15) is 16.8 Å². The summed E-state index contributed by atoms with van der Waals surface area (Å²) in [6, 6.07) is 21.4. The van der Waals surface area contributed by atoms with Gasteiger partial charge in [-0.1, -0.05) is 65.9 Å². The number of primary sulfonamides is 1. The smallest absolute Gasteiger partial charge is 0.249 e. The first-order valence-electron chi connectivity index (χ1n) is 10.1. The highest BCUT2D eigenvalue weighted by atomic mass is 32.2. The lowest BCUT2D eigenvalue weighted by Gasteiger charge is -2.20. The summed E-state index contributed by atoms with van der Waals surface area (Å²) >= 11 is 0.898. The highest BCUT2D eigenvalue weighted by Gasteiger charge is 2.25. The summed E-state index contributed by atoms with van der Waals surface area (Å²) in [6.45, 7) is 1.80. The van der Waals surface area contributed by atoms with Crippen molar-refractivity contribution >= 4 is 32.4 Å². The van der Waals surface area contributed by atoms with Gasteiger partial charge in [0.1, 0.15) is 0 Å². The molecule has 33 heavy (non-hydrogen) atoms. The minimum Gasteiger partial charge on any atom is -0.283 e. The zero-order chi connectivity index (χ0) is 23.4. The van der Waals surface area contributed by atoms with E-state index < -0.39 is 10.0 Å². The lowest BCUT2D eigenvalue weighted by molar-refractivity contribution is -0.118. The molecule has 0 radical (unpaired) electrons. The third-order valence-electron chi connectivity index (χ3n) is 5.04. The minimum atomic E-state index is -3.93. The molecule has 4 rings (SSSR count). The Morgan fingerprint density at radius 1 is 0.939 bits per heavy atom. The van der Waals surface area contributed by atoms with Crippen molar-refractivity contribution in [2.75, 3.05) is 4.90 Å². The van der Waals surface area contributed by atoms with Crippen LogP contribution in [0.4, 0.5) is 5.13 Å². The molecule has 0 atom stereocenters. The van der Waals surface area contributed by atoms with Gasteiger partial charge in [0.15, 0.2) is 9.34 Å². The number of pyridine rings is 1. The van der Waals surface area contributed by atoms with Crippen LogP contribution in [0.2, 0.25) is 0 Å². The Kier molecular flexibility index (Phi) is 6.64. The molecule has 0 unspecified atom stereocenters. The normalized spacial score (nSPS) is 11.3. The largest absolute Gasteiger partial charge is 0.283 e. The van der Waals surface area contributed by atoms with Gasteiger partial charge in [0.05, 0.1) is 18.7 Å². The molecule has 0 spiro atoms. The molecule has 0 aliphatic carbocycles. The SMILES string of the molecule is Cc1nc(N(Cc2ccncc2)C(=O)Cc2ccc(-c3ccccc3)cc2)sc1S(N)(=O)=O. The topological polar surface area (TPSA) is 106 Å². The molecule has 2 N–H and O–H groups in total. The highest BCUT2D eigenvalue weighted by Crippen LogP contribution is 2.30.